The Morgan fingerprint density at radius 1 is 1.63 bits per heavy atom. The fourth-order valence-corrected chi connectivity index (χ4v) is 3.59. The molecule has 0 aromatic heterocycles. The second-order valence-electron chi connectivity index (χ2n) is 5.94. The molecule has 0 heterocycles. The summed E-state index contributed by atoms with van der Waals surface area (Å²) in [5, 5.41) is 7.61. The molecule has 0 saturated heterocycles. The largest absolute Gasteiger partial charge is 0.463 e. The van der Waals surface area contributed by atoms with Crippen molar-refractivity contribution >= 4 is 12.2 Å². The van der Waals surface area contributed by atoms with E-state index < -0.39 is 0 Å². The Morgan fingerprint density at radius 2 is 2.32 bits per heavy atom. The van der Waals surface area contributed by atoms with Crippen LogP contribution in [0.15, 0.2) is 23.8 Å². The molecule has 3 heteroatoms. The molecule has 0 bridgehead atoms. The molecule has 0 radical (unpaired) electrons. The van der Waals surface area contributed by atoms with E-state index in [1.807, 2.05) is 6.92 Å². The summed E-state index contributed by atoms with van der Waals surface area (Å²) in [6, 6.07) is 0. The number of hydrogen-bond acceptors (Lipinski definition) is 3. The van der Waals surface area contributed by atoms with Gasteiger partial charge in [-0.25, -0.2) is 4.79 Å². The van der Waals surface area contributed by atoms with Gasteiger partial charge in [0.1, 0.15) is 0 Å². The molecule has 2 aliphatic carbocycles. The Hall–Kier alpha value is -1.38. The lowest BCUT2D eigenvalue weighted by Crippen LogP contribution is -2.47. The Kier molecular flexibility index (Phi) is 3.66. The van der Waals surface area contributed by atoms with Gasteiger partial charge in [0.2, 0.25) is 0 Å². The fraction of sp³-hybridized carbons (Fsp3) is 0.625. The van der Waals surface area contributed by atoms with Crippen LogP contribution in [-0.2, 0) is 9.53 Å². The average molecular weight is 261 g/mol. The third kappa shape index (κ3) is 2.15. The standard InChI is InChI=1S/C16H23NO2/c1-5-19-14(18)8-13-10(2)15-11(3)16(4,9-17)7-6-12(13)15/h8-10,12,15,17H,3,5-7H2,1-2,4H3/b13-8-,17-9?/t10-,12+,15+,16+/m0/s1. The van der Waals surface area contributed by atoms with Gasteiger partial charge in [0, 0.05) is 17.7 Å². The predicted molar refractivity (Wildman–Crippen MR) is 76.1 cm³/mol. The summed E-state index contributed by atoms with van der Waals surface area (Å²) < 4.78 is 4.99. The summed E-state index contributed by atoms with van der Waals surface area (Å²) in [6.45, 7) is 10.7. The van der Waals surface area contributed by atoms with Crippen LogP contribution < -0.4 is 0 Å². The van der Waals surface area contributed by atoms with Gasteiger partial charge in [-0.3, -0.25) is 0 Å². The number of rotatable bonds is 3. The van der Waals surface area contributed by atoms with Crippen molar-refractivity contribution in [1.29, 1.82) is 5.41 Å². The minimum absolute atomic E-state index is 0.162. The number of allylic oxidation sites excluding steroid dienone is 2. The summed E-state index contributed by atoms with van der Waals surface area (Å²) in [5.74, 6) is 0.969. The Morgan fingerprint density at radius 3 is 2.89 bits per heavy atom. The van der Waals surface area contributed by atoms with Crippen LogP contribution >= 0.6 is 0 Å². The smallest absolute Gasteiger partial charge is 0.330 e. The fourth-order valence-electron chi connectivity index (χ4n) is 3.59. The van der Waals surface area contributed by atoms with Crippen LogP contribution in [0.2, 0.25) is 0 Å². The Balaban J connectivity index is 2.16. The number of esters is 1. The topological polar surface area (TPSA) is 50.2 Å². The number of ether oxygens (including phenoxy) is 1. The number of carbonyl (C=O) groups excluding carboxylic acids is 1. The molecule has 3 nitrogen and oxygen atoms in total. The average Bonchev–Trinajstić information content (AvgIpc) is 2.39. The molecule has 104 valence electrons. The zero-order valence-electron chi connectivity index (χ0n) is 12.0. The van der Waals surface area contributed by atoms with Crippen molar-refractivity contribution in [3.05, 3.63) is 23.8 Å². The van der Waals surface area contributed by atoms with Gasteiger partial charge >= 0.3 is 5.97 Å². The van der Waals surface area contributed by atoms with Crippen molar-refractivity contribution < 1.29 is 9.53 Å². The van der Waals surface area contributed by atoms with Crippen LogP contribution in [0.25, 0.3) is 0 Å². The van der Waals surface area contributed by atoms with E-state index in [-0.39, 0.29) is 11.4 Å². The minimum Gasteiger partial charge on any atom is -0.463 e. The number of carbonyl (C=O) groups is 1. The molecule has 19 heavy (non-hydrogen) atoms. The van der Waals surface area contributed by atoms with E-state index in [9.17, 15) is 4.79 Å². The van der Waals surface area contributed by atoms with Gasteiger partial charge in [-0.15, -0.1) is 0 Å². The van der Waals surface area contributed by atoms with Gasteiger partial charge in [-0.1, -0.05) is 31.6 Å². The quantitative estimate of drug-likeness (QED) is 0.366. The maximum Gasteiger partial charge on any atom is 0.330 e. The summed E-state index contributed by atoms with van der Waals surface area (Å²) >= 11 is 0. The normalized spacial score (nSPS) is 39.4. The van der Waals surface area contributed by atoms with Crippen LogP contribution in [0.4, 0.5) is 0 Å². The number of fused-ring (bicyclic) bond motifs is 1. The highest BCUT2D eigenvalue weighted by Gasteiger charge is 2.51. The Labute approximate surface area is 115 Å². The molecule has 0 amide bonds. The molecule has 1 N–H and O–H groups in total. The molecule has 4 atom stereocenters. The predicted octanol–water partition coefficient (Wildman–Crippen LogP) is 3.36. The first kappa shape index (κ1) is 14.0. The lowest BCUT2D eigenvalue weighted by Gasteiger charge is -2.55. The molecule has 2 fully saturated rings. The SMILES string of the molecule is C=C1[C@@H]2[C@H](CC[C@]1(C)C=N)/C(=C\C(=O)OCC)[C@@H]2C. The van der Waals surface area contributed by atoms with E-state index in [4.69, 9.17) is 10.1 Å². The third-order valence-corrected chi connectivity index (χ3v) is 4.93. The summed E-state index contributed by atoms with van der Waals surface area (Å²) in [5.41, 5.74) is 2.20. The summed E-state index contributed by atoms with van der Waals surface area (Å²) in [7, 11) is 0. The maximum atomic E-state index is 11.6. The van der Waals surface area contributed by atoms with Gasteiger partial charge in [0.25, 0.3) is 0 Å². The molecular weight excluding hydrogens is 238 g/mol. The van der Waals surface area contributed by atoms with Crippen LogP contribution in [0, 0.1) is 28.6 Å². The van der Waals surface area contributed by atoms with Crippen molar-refractivity contribution in [2.45, 2.75) is 33.6 Å². The van der Waals surface area contributed by atoms with Gasteiger partial charge in [-0.2, -0.15) is 0 Å². The molecule has 0 aromatic rings. The summed E-state index contributed by atoms with van der Waals surface area (Å²) in [6.07, 6.45) is 5.19. The van der Waals surface area contributed by atoms with Gasteiger partial charge in [0.05, 0.1) is 6.61 Å². The molecule has 0 spiro atoms. The highest BCUT2D eigenvalue weighted by Crippen LogP contribution is 2.59. The van der Waals surface area contributed by atoms with Crippen LogP contribution in [0.5, 0.6) is 0 Å². The first-order valence-corrected chi connectivity index (χ1v) is 7.03. The van der Waals surface area contributed by atoms with E-state index in [2.05, 4.69) is 20.4 Å². The van der Waals surface area contributed by atoms with Gasteiger partial charge < -0.3 is 10.1 Å². The van der Waals surface area contributed by atoms with Crippen molar-refractivity contribution in [2.75, 3.05) is 6.61 Å². The Bertz CT molecular complexity index is 452. The minimum atomic E-state index is -0.228. The van der Waals surface area contributed by atoms with Crippen LogP contribution in [0.1, 0.15) is 33.6 Å². The number of hydrogen-bond donors (Lipinski definition) is 1. The maximum absolute atomic E-state index is 11.6. The van der Waals surface area contributed by atoms with Crippen molar-refractivity contribution in [3.8, 4) is 0 Å². The lowest BCUT2D eigenvalue weighted by molar-refractivity contribution is -0.137. The van der Waals surface area contributed by atoms with Crippen LogP contribution in [0.3, 0.4) is 0 Å². The highest BCUT2D eigenvalue weighted by atomic mass is 16.5. The highest BCUT2D eigenvalue weighted by molar-refractivity contribution is 5.83. The molecule has 0 aliphatic heterocycles. The van der Waals surface area contributed by atoms with Crippen molar-refractivity contribution in [3.63, 3.8) is 0 Å². The van der Waals surface area contributed by atoms with Crippen LogP contribution in [-0.4, -0.2) is 18.8 Å². The van der Waals surface area contributed by atoms with Gasteiger partial charge in [-0.05, 0) is 37.5 Å². The van der Waals surface area contributed by atoms with E-state index in [0.717, 1.165) is 18.4 Å². The van der Waals surface area contributed by atoms with E-state index >= 15 is 0 Å². The second kappa shape index (κ2) is 4.95. The zero-order valence-corrected chi connectivity index (χ0v) is 12.0. The molecule has 0 aromatic carbocycles. The van der Waals surface area contributed by atoms with Crippen molar-refractivity contribution in [1.82, 2.24) is 0 Å². The van der Waals surface area contributed by atoms with E-state index in [0.29, 0.717) is 24.4 Å². The summed E-state index contributed by atoms with van der Waals surface area (Å²) in [4.78, 5) is 11.6. The number of nitrogens with one attached hydrogen (secondary N) is 1. The molecule has 2 rings (SSSR count). The van der Waals surface area contributed by atoms with E-state index in [1.54, 1.807) is 6.08 Å². The van der Waals surface area contributed by atoms with E-state index in [1.165, 1.54) is 11.8 Å². The van der Waals surface area contributed by atoms with Gasteiger partial charge in [0.15, 0.2) is 0 Å². The monoisotopic (exact) mass is 261 g/mol. The third-order valence-electron chi connectivity index (χ3n) is 4.93. The first-order chi connectivity index (χ1) is 8.94. The zero-order chi connectivity index (χ0) is 14.2. The molecule has 2 aliphatic rings. The lowest BCUT2D eigenvalue weighted by atomic mass is 9.49. The molecular formula is C16H23NO2. The second-order valence-corrected chi connectivity index (χ2v) is 5.94. The first-order valence-electron chi connectivity index (χ1n) is 7.03. The molecule has 2 saturated carbocycles. The van der Waals surface area contributed by atoms with Crippen molar-refractivity contribution in [2.24, 2.45) is 23.2 Å². The molecule has 0 unspecified atom stereocenters.